The van der Waals surface area contributed by atoms with Crippen LogP contribution >= 0.6 is 16.1 Å². The second kappa shape index (κ2) is 5.67. The maximum atomic E-state index is 12.2. The molecular weight excluding hydrogens is 318 g/mol. The predicted octanol–water partition coefficient (Wildman–Crippen LogP) is 3.57. The number of nitrogens with zero attached hydrogens (tertiary/aromatic N) is 1. The number of hydrogen-bond acceptors (Lipinski definition) is 2. The highest BCUT2D eigenvalue weighted by Gasteiger charge is 2.26. The van der Waals surface area contributed by atoms with Crippen LogP contribution in [0.1, 0.15) is 21.5 Å². The molecular formula is C16H14BrNO2. The third kappa shape index (κ3) is 2.56. The molecule has 1 amide bonds. The SMILES string of the molecule is O=C1c2c(cccc2OCc2ccccc2)CCN1Br. The highest BCUT2D eigenvalue weighted by Crippen LogP contribution is 2.29. The van der Waals surface area contributed by atoms with E-state index in [9.17, 15) is 4.79 Å². The van der Waals surface area contributed by atoms with Crippen molar-refractivity contribution in [1.82, 2.24) is 3.93 Å². The number of rotatable bonds is 3. The first-order valence-electron chi connectivity index (χ1n) is 6.52. The molecule has 102 valence electrons. The first-order chi connectivity index (χ1) is 9.75. The van der Waals surface area contributed by atoms with E-state index in [0.717, 1.165) is 17.5 Å². The molecule has 0 unspecified atom stereocenters. The lowest BCUT2D eigenvalue weighted by Gasteiger charge is -2.24. The van der Waals surface area contributed by atoms with Crippen LogP contribution in [0.4, 0.5) is 0 Å². The molecule has 20 heavy (non-hydrogen) atoms. The predicted molar refractivity (Wildman–Crippen MR) is 80.9 cm³/mol. The number of carbonyl (C=O) groups excluding carboxylic acids is 1. The Bertz CT molecular complexity index is 628. The van der Waals surface area contributed by atoms with Gasteiger partial charge < -0.3 is 4.74 Å². The summed E-state index contributed by atoms with van der Waals surface area (Å²) in [7, 11) is 0. The number of benzene rings is 2. The summed E-state index contributed by atoms with van der Waals surface area (Å²) >= 11 is 3.28. The second-order valence-electron chi connectivity index (χ2n) is 4.71. The standard InChI is InChI=1S/C16H14BrNO2/c17-18-10-9-13-7-4-8-14(15(13)16(18)19)20-11-12-5-2-1-3-6-12/h1-8H,9-11H2. The Morgan fingerprint density at radius 3 is 2.70 bits per heavy atom. The summed E-state index contributed by atoms with van der Waals surface area (Å²) in [4.78, 5) is 12.2. The van der Waals surface area contributed by atoms with Crippen molar-refractivity contribution >= 4 is 22.1 Å². The zero-order valence-electron chi connectivity index (χ0n) is 10.9. The van der Waals surface area contributed by atoms with Crippen molar-refractivity contribution in [3.05, 3.63) is 65.2 Å². The molecule has 0 aliphatic carbocycles. The van der Waals surface area contributed by atoms with Gasteiger partial charge in [-0.25, -0.2) is 0 Å². The van der Waals surface area contributed by atoms with Gasteiger partial charge in [0.1, 0.15) is 12.4 Å². The van der Waals surface area contributed by atoms with Gasteiger partial charge in [-0.3, -0.25) is 8.72 Å². The van der Waals surface area contributed by atoms with E-state index in [1.165, 1.54) is 0 Å². The molecule has 0 radical (unpaired) electrons. The monoisotopic (exact) mass is 331 g/mol. The quantitative estimate of drug-likeness (QED) is 0.804. The number of amides is 1. The maximum absolute atomic E-state index is 12.2. The lowest BCUT2D eigenvalue weighted by Crippen LogP contribution is -2.30. The summed E-state index contributed by atoms with van der Waals surface area (Å²) in [5.74, 6) is 0.621. The summed E-state index contributed by atoms with van der Waals surface area (Å²) < 4.78 is 7.40. The average molecular weight is 332 g/mol. The van der Waals surface area contributed by atoms with E-state index in [-0.39, 0.29) is 5.91 Å². The van der Waals surface area contributed by atoms with Crippen LogP contribution in [0.3, 0.4) is 0 Å². The molecule has 0 saturated heterocycles. The molecule has 2 aromatic rings. The van der Waals surface area contributed by atoms with E-state index in [1.54, 1.807) is 3.93 Å². The molecule has 0 bridgehead atoms. The van der Waals surface area contributed by atoms with Crippen LogP contribution in [0.15, 0.2) is 48.5 Å². The van der Waals surface area contributed by atoms with Crippen LogP contribution in [0.5, 0.6) is 5.75 Å². The molecule has 0 N–H and O–H groups in total. The topological polar surface area (TPSA) is 29.5 Å². The molecule has 1 aliphatic rings. The molecule has 1 aliphatic heterocycles. The average Bonchev–Trinajstić information content (AvgIpc) is 2.50. The Morgan fingerprint density at radius 1 is 1.10 bits per heavy atom. The van der Waals surface area contributed by atoms with Gasteiger partial charge in [-0.2, -0.15) is 0 Å². The van der Waals surface area contributed by atoms with E-state index in [4.69, 9.17) is 4.74 Å². The van der Waals surface area contributed by atoms with Gasteiger partial charge in [0.2, 0.25) is 0 Å². The molecule has 2 aromatic carbocycles. The largest absolute Gasteiger partial charge is 0.488 e. The number of carbonyl (C=O) groups is 1. The van der Waals surface area contributed by atoms with Crippen LogP contribution < -0.4 is 4.74 Å². The van der Waals surface area contributed by atoms with Crippen molar-refractivity contribution in [1.29, 1.82) is 0 Å². The minimum Gasteiger partial charge on any atom is -0.488 e. The summed E-state index contributed by atoms with van der Waals surface area (Å²) in [6.07, 6.45) is 0.842. The maximum Gasteiger partial charge on any atom is 0.267 e. The van der Waals surface area contributed by atoms with Crippen molar-refractivity contribution in [2.24, 2.45) is 0 Å². The van der Waals surface area contributed by atoms with Crippen LogP contribution in [0.25, 0.3) is 0 Å². The van der Waals surface area contributed by atoms with Crippen LogP contribution in [0.2, 0.25) is 0 Å². The fraction of sp³-hybridized carbons (Fsp3) is 0.188. The van der Waals surface area contributed by atoms with Crippen molar-refractivity contribution in [3.8, 4) is 5.75 Å². The zero-order valence-corrected chi connectivity index (χ0v) is 12.5. The van der Waals surface area contributed by atoms with Crippen LogP contribution in [-0.2, 0) is 13.0 Å². The fourth-order valence-electron chi connectivity index (χ4n) is 2.32. The molecule has 1 heterocycles. The van der Waals surface area contributed by atoms with Gasteiger partial charge in [0.05, 0.1) is 21.7 Å². The Morgan fingerprint density at radius 2 is 1.90 bits per heavy atom. The van der Waals surface area contributed by atoms with Crippen molar-refractivity contribution < 1.29 is 9.53 Å². The van der Waals surface area contributed by atoms with Gasteiger partial charge in [-0.05, 0) is 23.6 Å². The molecule has 0 saturated carbocycles. The van der Waals surface area contributed by atoms with E-state index in [2.05, 4.69) is 16.1 Å². The van der Waals surface area contributed by atoms with Gasteiger partial charge in [-0.15, -0.1) is 0 Å². The molecule has 3 nitrogen and oxygen atoms in total. The Kier molecular flexibility index (Phi) is 3.74. The third-order valence-electron chi connectivity index (χ3n) is 3.36. The van der Waals surface area contributed by atoms with Crippen molar-refractivity contribution in [2.45, 2.75) is 13.0 Å². The van der Waals surface area contributed by atoms with E-state index in [0.29, 0.717) is 24.5 Å². The summed E-state index contributed by atoms with van der Waals surface area (Å²) in [5.41, 5.74) is 2.81. The van der Waals surface area contributed by atoms with Crippen LogP contribution in [0, 0.1) is 0 Å². The lowest BCUT2D eigenvalue weighted by atomic mass is 9.99. The zero-order chi connectivity index (χ0) is 13.9. The second-order valence-corrected chi connectivity index (χ2v) is 5.56. The van der Waals surface area contributed by atoms with E-state index < -0.39 is 0 Å². The molecule has 4 heteroatoms. The molecule has 0 aromatic heterocycles. The van der Waals surface area contributed by atoms with Crippen molar-refractivity contribution in [2.75, 3.05) is 6.54 Å². The number of fused-ring (bicyclic) bond motifs is 1. The van der Waals surface area contributed by atoms with E-state index in [1.807, 2.05) is 48.5 Å². The summed E-state index contributed by atoms with van der Waals surface area (Å²) in [6.45, 7) is 1.15. The first kappa shape index (κ1) is 13.2. The minimum atomic E-state index is -0.0325. The highest BCUT2D eigenvalue weighted by atomic mass is 79.9. The smallest absolute Gasteiger partial charge is 0.267 e. The van der Waals surface area contributed by atoms with Crippen molar-refractivity contribution in [3.63, 3.8) is 0 Å². The summed E-state index contributed by atoms with van der Waals surface area (Å²) in [5, 5.41) is 0. The Balaban J connectivity index is 1.86. The van der Waals surface area contributed by atoms with Gasteiger partial charge in [-0.1, -0.05) is 42.5 Å². The molecule has 0 fully saturated rings. The minimum absolute atomic E-state index is 0.0325. The molecule has 0 spiro atoms. The number of ether oxygens (including phenoxy) is 1. The lowest BCUT2D eigenvalue weighted by molar-refractivity contribution is 0.0863. The highest BCUT2D eigenvalue weighted by molar-refractivity contribution is 9.07. The Hall–Kier alpha value is -1.81. The fourth-order valence-corrected chi connectivity index (χ4v) is 2.68. The Labute approximate surface area is 126 Å². The molecule has 0 atom stereocenters. The van der Waals surface area contributed by atoms with Gasteiger partial charge in [0.25, 0.3) is 5.91 Å². The van der Waals surface area contributed by atoms with Gasteiger partial charge in [0, 0.05) is 6.54 Å². The summed E-state index contributed by atoms with van der Waals surface area (Å²) in [6, 6.07) is 15.7. The first-order valence-corrected chi connectivity index (χ1v) is 7.23. The number of halogens is 1. The number of hydrogen-bond donors (Lipinski definition) is 0. The van der Waals surface area contributed by atoms with Gasteiger partial charge >= 0.3 is 0 Å². The molecule has 3 rings (SSSR count). The van der Waals surface area contributed by atoms with Gasteiger partial charge in [0.15, 0.2) is 0 Å². The third-order valence-corrected chi connectivity index (χ3v) is 4.04. The van der Waals surface area contributed by atoms with Crippen LogP contribution in [-0.4, -0.2) is 16.4 Å². The normalized spacial score (nSPS) is 14.1. The van der Waals surface area contributed by atoms with E-state index >= 15 is 0 Å².